The first-order valence-electron chi connectivity index (χ1n) is 6.05. The van der Waals surface area contributed by atoms with E-state index in [-0.39, 0.29) is 0 Å². The monoisotopic (exact) mass is 247 g/mol. The summed E-state index contributed by atoms with van der Waals surface area (Å²) in [4.78, 5) is 25.3. The van der Waals surface area contributed by atoms with E-state index >= 15 is 0 Å². The van der Waals surface area contributed by atoms with Crippen LogP contribution in [-0.4, -0.2) is 42.9 Å². The number of amides is 2. The largest absolute Gasteiger partial charge is 0.332 e. The van der Waals surface area contributed by atoms with Gasteiger partial charge in [-0.1, -0.05) is 18.2 Å². The van der Waals surface area contributed by atoms with E-state index in [1.54, 1.807) is 11.0 Å². The SMILES string of the molecule is Cc1ccccc1NC(=O)C(=O)N1CCNCC1. The highest BCUT2D eigenvalue weighted by molar-refractivity contribution is 6.39. The van der Waals surface area contributed by atoms with Crippen LogP contribution in [0.5, 0.6) is 0 Å². The molecule has 1 aromatic carbocycles. The number of rotatable bonds is 1. The molecule has 0 unspecified atom stereocenters. The van der Waals surface area contributed by atoms with E-state index in [0.717, 1.165) is 18.7 Å². The van der Waals surface area contributed by atoms with Gasteiger partial charge in [0.05, 0.1) is 0 Å². The zero-order valence-electron chi connectivity index (χ0n) is 10.4. The third-order valence-electron chi connectivity index (χ3n) is 2.99. The number of hydrogen-bond acceptors (Lipinski definition) is 3. The second kappa shape index (κ2) is 5.64. The van der Waals surface area contributed by atoms with E-state index in [0.29, 0.717) is 18.8 Å². The van der Waals surface area contributed by atoms with Crippen molar-refractivity contribution in [3.05, 3.63) is 29.8 Å². The maximum Gasteiger partial charge on any atom is 0.313 e. The highest BCUT2D eigenvalue weighted by Gasteiger charge is 2.23. The van der Waals surface area contributed by atoms with Crippen LogP contribution in [-0.2, 0) is 9.59 Å². The van der Waals surface area contributed by atoms with Crippen molar-refractivity contribution in [2.75, 3.05) is 31.5 Å². The molecule has 0 radical (unpaired) electrons. The van der Waals surface area contributed by atoms with E-state index in [4.69, 9.17) is 0 Å². The molecule has 0 aromatic heterocycles. The summed E-state index contributed by atoms with van der Waals surface area (Å²) >= 11 is 0. The minimum absolute atomic E-state index is 0.459. The fourth-order valence-electron chi connectivity index (χ4n) is 1.90. The first-order valence-corrected chi connectivity index (χ1v) is 6.05. The third kappa shape index (κ3) is 2.87. The smallest absolute Gasteiger partial charge is 0.313 e. The van der Waals surface area contributed by atoms with Crippen LogP contribution in [0.25, 0.3) is 0 Å². The number of carbonyl (C=O) groups is 2. The van der Waals surface area contributed by atoms with E-state index < -0.39 is 11.8 Å². The summed E-state index contributed by atoms with van der Waals surface area (Å²) in [6.07, 6.45) is 0. The van der Waals surface area contributed by atoms with Crippen LogP contribution in [0.15, 0.2) is 24.3 Å². The van der Waals surface area contributed by atoms with Gasteiger partial charge in [-0.05, 0) is 18.6 Å². The molecule has 1 aliphatic rings. The molecule has 18 heavy (non-hydrogen) atoms. The quantitative estimate of drug-likeness (QED) is 0.705. The molecule has 0 bridgehead atoms. The Bertz CT molecular complexity index is 453. The van der Waals surface area contributed by atoms with Crippen LogP contribution < -0.4 is 10.6 Å². The number of piperazine rings is 1. The molecule has 2 N–H and O–H groups in total. The van der Waals surface area contributed by atoms with Crippen molar-refractivity contribution < 1.29 is 9.59 Å². The molecule has 96 valence electrons. The minimum Gasteiger partial charge on any atom is -0.332 e. The zero-order chi connectivity index (χ0) is 13.0. The van der Waals surface area contributed by atoms with Crippen molar-refractivity contribution in [3.63, 3.8) is 0 Å². The molecule has 0 atom stereocenters. The van der Waals surface area contributed by atoms with Gasteiger partial charge in [-0.2, -0.15) is 0 Å². The Kier molecular flexibility index (Phi) is 3.94. The molecule has 1 fully saturated rings. The fraction of sp³-hybridized carbons (Fsp3) is 0.385. The lowest BCUT2D eigenvalue weighted by Gasteiger charge is -2.26. The van der Waals surface area contributed by atoms with Crippen molar-refractivity contribution in [3.8, 4) is 0 Å². The van der Waals surface area contributed by atoms with E-state index in [2.05, 4.69) is 10.6 Å². The van der Waals surface area contributed by atoms with Gasteiger partial charge in [0.2, 0.25) is 0 Å². The van der Waals surface area contributed by atoms with Gasteiger partial charge >= 0.3 is 11.8 Å². The number of carbonyl (C=O) groups excluding carboxylic acids is 2. The van der Waals surface area contributed by atoms with Crippen molar-refractivity contribution in [1.82, 2.24) is 10.2 Å². The molecule has 0 saturated carbocycles. The van der Waals surface area contributed by atoms with Gasteiger partial charge < -0.3 is 15.5 Å². The average Bonchev–Trinajstić information content (AvgIpc) is 2.41. The van der Waals surface area contributed by atoms with Gasteiger partial charge in [0.25, 0.3) is 0 Å². The molecular formula is C13H17N3O2. The summed E-state index contributed by atoms with van der Waals surface area (Å²) in [5.74, 6) is -1.02. The molecule has 5 heteroatoms. The summed E-state index contributed by atoms with van der Waals surface area (Å²) in [5, 5.41) is 5.80. The van der Waals surface area contributed by atoms with Gasteiger partial charge in [0.1, 0.15) is 0 Å². The lowest BCUT2D eigenvalue weighted by Crippen LogP contribution is -2.49. The van der Waals surface area contributed by atoms with Crippen LogP contribution in [0.3, 0.4) is 0 Å². The second-order valence-corrected chi connectivity index (χ2v) is 4.31. The molecule has 0 spiro atoms. The van der Waals surface area contributed by atoms with E-state index in [1.165, 1.54) is 0 Å². The molecule has 2 rings (SSSR count). The van der Waals surface area contributed by atoms with E-state index in [9.17, 15) is 9.59 Å². The number of nitrogens with zero attached hydrogens (tertiary/aromatic N) is 1. The number of hydrogen-bond donors (Lipinski definition) is 2. The maximum absolute atomic E-state index is 11.9. The number of benzene rings is 1. The Morgan fingerprint density at radius 1 is 1.22 bits per heavy atom. The first kappa shape index (κ1) is 12.6. The van der Waals surface area contributed by atoms with Crippen LogP contribution in [0.4, 0.5) is 5.69 Å². The standard InChI is InChI=1S/C13H17N3O2/c1-10-4-2-3-5-11(10)15-12(17)13(18)16-8-6-14-7-9-16/h2-5,14H,6-9H2,1H3,(H,15,17). The maximum atomic E-state index is 11.9. The predicted molar refractivity (Wildman–Crippen MR) is 69.3 cm³/mol. The highest BCUT2D eigenvalue weighted by Crippen LogP contribution is 2.13. The van der Waals surface area contributed by atoms with Crippen LogP contribution in [0.2, 0.25) is 0 Å². The fourth-order valence-corrected chi connectivity index (χ4v) is 1.90. The Morgan fingerprint density at radius 3 is 2.56 bits per heavy atom. The lowest BCUT2D eigenvalue weighted by molar-refractivity contribution is -0.143. The minimum atomic E-state index is -0.564. The molecule has 5 nitrogen and oxygen atoms in total. The Balaban J connectivity index is 1.99. The zero-order valence-corrected chi connectivity index (χ0v) is 10.4. The van der Waals surface area contributed by atoms with Gasteiger partial charge in [0, 0.05) is 31.9 Å². The molecule has 1 aromatic rings. The van der Waals surface area contributed by atoms with Crippen LogP contribution in [0.1, 0.15) is 5.56 Å². The number of anilines is 1. The predicted octanol–water partition coefficient (Wildman–Crippen LogP) is 0.365. The van der Waals surface area contributed by atoms with Crippen LogP contribution in [0, 0.1) is 6.92 Å². The summed E-state index contributed by atoms with van der Waals surface area (Å²) in [5.41, 5.74) is 1.63. The molecule has 0 aliphatic carbocycles. The summed E-state index contributed by atoms with van der Waals surface area (Å²) in [6.45, 7) is 4.54. The van der Waals surface area contributed by atoms with Crippen molar-refractivity contribution >= 4 is 17.5 Å². The highest BCUT2D eigenvalue weighted by atomic mass is 16.2. The van der Waals surface area contributed by atoms with Gasteiger partial charge in [0.15, 0.2) is 0 Å². The average molecular weight is 247 g/mol. The Hall–Kier alpha value is -1.88. The number of aryl methyl sites for hydroxylation is 1. The topological polar surface area (TPSA) is 61.4 Å². The molecule has 2 amide bonds. The summed E-state index contributed by atoms with van der Waals surface area (Å²) in [6, 6.07) is 7.41. The second-order valence-electron chi connectivity index (χ2n) is 4.31. The van der Waals surface area contributed by atoms with Gasteiger partial charge in [-0.15, -0.1) is 0 Å². The van der Waals surface area contributed by atoms with Gasteiger partial charge in [-0.3, -0.25) is 9.59 Å². The van der Waals surface area contributed by atoms with Crippen molar-refractivity contribution in [2.24, 2.45) is 0 Å². The molecule has 1 heterocycles. The Morgan fingerprint density at radius 2 is 1.89 bits per heavy atom. The van der Waals surface area contributed by atoms with Crippen molar-refractivity contribution in [2.45, 2.75) is 6.92 Å². The van der Waals surface area contributed by atoms with E-state index in [1.807, 2.05) is 25.1 Å². The Labute approximate surface area is 106 Å². The molecule has 1 aliphatic heterocycles. The molecule has 1 saturated heterocycles. The van der Waals surface area contributed by atoms with Crippen molar-refractivity contribution in [1.29, 1.82) is 0 Å². The van der Waals surface area contributed by atoms with Crippen LogP contribution >= 0.6 is 0 Å². The lowest BCUT2D eigenvalue weighted by atomic mass is 10.2. The summed E-state index contributed by atoms with van der Waals surface area (Å²) < 4.78 is 0. The third-order valence-corrected chi connectivity index (χ3v) is 2.99. The first-order chi connectivity index (χ1) is 8.68. The molecular weight excluding hydrogens is 230 g/mol. The number of nitrogens with one attached hydrogen (secondary N) is 2. The number of para-hydroxylation sites is 1. The summed E-state index contributed by atoms with van der Waals surface area (Å²) in [7, 11) is 0. The normalized spacial score (nSPS) is 15.3. The van der Waals surface area contributed by atoms with Gasteiger partial charge in [-0.25, -0.2) is 0 Å².